The molecular formula is C15H19F2NO5. The van der Waals surface area contributed by atoms with Gasteiger partial charge in [0, 0.05) is 6.54 Å². The Labute approximate surface area is 132 Å². The molecule has 0 aliphatic rings. The summed E-state index contributed by atoms with van der Waals surface area (Å²) in [6.07, 6.45) is 0.0361. The fourth-order valence-corrected chi connectivity index (χ4v) is 1.82. The molecule has 1 aromatic rings. The lowest BCUT2D eigenvalue weighted by Gasteiger charge is -2.11. The summed E-state index contributed by atoms with van der Waals surface area (Å²) in [4.78, 5) is 22.6. The number of hydrogen-bond donors (Lipinski definition) is 1. The molecule has 1 rings (SSSR count). The lowest BCUT2D eigenvalue weighted by Crippen LogP contribution is -2.28. The van der Waals surface area contributed by atoms with Crippen LogP contribution in [0.2, 0.25) is 0 Å². The Bertz CT molecular complexity index is 537. The van der Waals surface area contributed by atoms with E-state index < -0.39 is 18.5 Å². The minimum Gasteiger partial charge on any atom is -0.493 e. The smallest absolute Gasteiger partial charge is 0.387 e. The first-order chi connectivity index (χ1) is 11.0. The van der Waals surface area contributed by atoms with Gasteiger partial charge in [-0.25, -0.2) is 0 Å². The number of amides is 1. The van der Waals surface area contributed by atoms with E-state index in [4.69, 9.17) is 4.74 Å². The number of carbonyl (C=O) groups is 2. The van der Waals surface area contributed by atoms with Crippen molar-refractivity contribution < 1.29 is 32.6 Å². The van der Waals surface area contributed by atoms with Crippen LogP contribution in [0.3, 0.4) is 0 Å². The fraction of sp³-hybridized carbons (Fsp3) is 0.467. The summed E-state index contributed by atoms with van der Waals surface area (Å²) in [5, 5.41) is 2.55. The normalized spacial score (nSPS) is 10.3. The lowest BCUT2D eigenvalue weighted by atomic mass is 10.1. The third kappa shape index (κ3) is 6.94. The standard InChI is InChI=1S/C15H19F2NO5/c1-3-22-14(20)9-13(19)18-7-6-10-4-5-11(21-2)12(8-10)23-15(16)17/h4-5,8,15H,3,6-7,9H2,1-2H3,(H,18,19). The maximum Gasteiger partial charge on any atom is 0.387 e. The summed E-state index contributed by atoms with van der Waals surface area (Å²) < 4.78 is 38.6. The average Bonchev–Trinajstić information content (AvgIpc) is 2.47. The summed E-state index contributed by atoms with van der Waals surface area (Å²) in [6.45, 7) is -0.842. The molecule has 0 spiro atoms. The number of benzene rings is 1. The quantitative estimate of drug-likeness (QED) is 0.553. The van der Waals surface area contributed by atoms with Crippen LogP contribution in [-0.4, -0.2) is 38.7 Å². The Morgan fingerprint density at radius 3 is 2.61 bits per heavy atom. The second kappa shape index (κ2) is 9.60. The second-order valence-electron chi connectivity index (χ2n) is 4.45. The van der Waals surface area contributed by atoms with Gasteiger partial charge in [-0.1, -0.05) is 6.07 Å². The molecule has 0 aromatic heterocycles. The third-order valence-electron chi connectivity index (χ3n) is 2.79. The van der Waals surface area contributed by atoms with E-state index in [2.05, 4.69) is 14.8 Å². The van der Waals surface area contributed by atoms with Crippen LogP contribution in [-0.2, 0) is 20.7 Å². The van der Waals surface area contributed by atoms with Crippen molar-refractivity contribution in [2.24, 2.45) is 0 Å². The molecule has 1 aromatic carbocycles. The number of nitrogens with one attached hydrogen (secondary N) is 1. The van der Waals surface area contributed by atoms with Crippen molar-refractivity contribution in [2.45, 2.75) is 26.4 Å². The molecule has 1 N–H and O–H groups in total. The summed E-state index contributed by atoms with van der Waals surface area (Å²) in [5.74, 6) is -0.929. The highest BCUT2D eigenvalue weighted by atomic mass is 19.3. The number of carbonyl (C=O) groups excluding carboxylic acids is 2. The molecule has 0 aliphatic heterocycles. The van der Waals surface area contributed by atoms with Gasteiger partial charge in [0.1, 0.15) is 6.42 Å². The van der Waals surface area contributed by atoms with Gasteiger partial charge in [0.15, 0.2) is 11.5 Å². The molecule has 0 radical (unpaired) electrons. The molecule has 1 amide bonds. The minimum absolute atomic E-state index is 0.0714. The van der Waals surface area contributed by atoms with E-state index in [1.165, 1.54) is 19.2 Å². The van der Waals surface area contributed by atoms with E-state index in [1.54, 1.807) is 13.0 Å². The van der Waals surface area contributed by atoms with Crippen LogP contribution in [0.5, 0.6) is 11.5 Å². The van der Waals surface area contributed by atoms with Crippen LogP contribution < -0.4 is 14.8 Å². The third-order valence-corrected chi connectivity index (χ3v) is 2.79. The molecule has 0 unspecified atom stereocenters. The second-order valence-corrected chi connectivity index (χ2v) is 4.45. The fourth-order valence-electron chi connectivity index (χ4n) is 1.82. The van der Waals surface area contributed by atoms with Crippen LogP contribution in [0.25, 0.3) is 0 Å². The summed E-state index contributed by atoms with van der Waals surface area (Å²) in [6, 6.07) is 4.60. The Morgan fingerprint density at radius 1 is 1.26 bits per heavy atom. The Kier molecular flexibility index (Phi) is 7.79. The van der Waals surface area contributed by atoms with Gasteiger partial charge in [-0.3, -0.25) is 9.59 Å². The van der Waals surface area contributed by atoms with Crippen molar-refractivity contribution >= 4 is 11.9 Å². The summed E-state index contributed by atoms with van der Waals surface area (Å²) in [5.41, 5.74) is 0.679. The van der Waals surface area contributed by atoms with Crippen LogP contribution in [0.15, 0.2) is 18.2 Å². The SMILES string of the molecule is CCOC(=O)CC(=O)NCCc1ccc(OC)c(OC(F)F)c1. The number of esters is 1. The van der Waals surface area contributed by atoms with E-state index in [-0.39, 0.29) is 31.1 Å². The number of hydrogen-bond acceptors (Lipinski definition) is 5. The van der Waals surface area contributed by atoms with E-state index in [0.29, 0.717) is 12.0 Å². The van der Waals surface area contributed by atoms with Gasteiger partial charge in [0.05, 0.1) is 13.7 Å². The maximum absolute atomic E-state index is 12.3. The highest BCUT2D eigenvalue weighted by Crippen LogP contribution is 2.29. The predicted octanol–water partition coefficient (Wildman–Crippen LogP) is 1.91. The first-order valence-corrected chi connectivity index (χ1v) is 7.00. The van der Waals surface area contributed by atoms with Gasteiger partial charge < -0.3 is 19.5 Å². The Balaban J connectivity index is 2.51. The number of alkyl halides is 2. The highest BCUT2D eigenvalue weighted by molar-refractivity contribution is 5.94. The Hall–Kier alpha value is -2.38. The first-order valence-electron chi connectivity index (χ1n) is 7.00. The van der Waals surface area contributed by atoms with Crippen LogP contribution in [0.1, 0.15) is 18.9 Å². The zero-order chi connectivity index (χ0) is 17.2. The van der Waals surface area contributed by atoms with Gasteiger partial charge in [0.25, 0.3) is 0 Å². The molecule has 0 saturated heterocycles. The van der Waals surface area contributed by atoms with Crippen molar-refractivity contribution in [1.29, 1.82) is 0 Å². The zero-order valence-electron chi connectivity index (χ0n) is 12.9. The largest absolute Gasteiger partial charge is 0.493 e. The topological polar surface area (TPSA) is 73.9 Å². The molecule has 6 nitrogen and oxygen atoms in total. The van der Waals surface area contributed by atoms with Gasteiger partial charge in [0.2, 0.25) is 5.91 Å². The molecule has 0 heterocycles. The van der Waals surface area contributed by atoms with Crippen molar-refractivity contribution in [3.63, 3.8) is 0 Å². The van der Waals surface area contributed by atoms with Gasteiger partial charge in [-0.15, -0.1) is 0 Å². The molecule has 8 heteroatoms. The van der Waals surface area contributed by atoms with Gasteiger partial charge >= 0.3 is 12.6 Å². The highest BCUT2D eigenvalue weighted by Gasteiger charge is 2.12. The molecule has 0 aliphatic carbocycles. The van der Waals surface area contributed by atoms with Crippen molar-refractivity contribution in [1.82, 2.24) is 5.32 Å². The van der Waals surface area contributed by atoms with Gasteiger partial charge in [-0.05, 0) is 31.0 Å². The molecule has 0 fully saturated rings. The van der Waals surface area contributed by atoms with E-state index in [0.717, 1.165) is 0 Å². The van der Waals surface area contributed by atoms with Gasteiger partial charge in [-0.2, -0.15) is 8.78 Å². The van der Waals surface area contributed by atoms with Crippen molar-refractivity contribution in [2.75, 3.05) is 20.3 Å². The zero-order valence-corrected chi connectivity index (χ0v) is 12.9. The van der Waals surface area contributed by atoms with Crippen LogP contribution in [0.4, 0.5) is 8.78 Å². The Morgan fingerprint density at radius 2 is 2.00 bits per heavy atom. The molecule has 128 valence electrons. The number of rotatable bonds is 9. The van der Waals surface area contributed by atoms with E-state index in [9.17, 15) is 18.4 Å². The summed E-state index contributed by atoms with van der Waals surface area (Å²) in [7, 11) is 1.35. The monoisotopic (exact) mass is 331 g/mol. The summed E-state index contributed by atoms with van der Waals surface area (Å²) >= 11 is 0. The van der Waals surface area contributed by atoms with Crippen molar-refractivity contribution in [3.8, 4) is 11.5 Å². The van der Waals surface area contributed by atoms with Crippen LogP contribution in [0, 0.1) is 0 Å². The van der Waals surface area contributed by atoms with Crippen LogP contribution >= 0.6 is 0 Å². The average molecular weight is 331 g/mol. The van der Waals surface area contributed by atoms with E-state index >= 15 is 0 Å². The minimum atomic E-state index is -2.96. The molecular weight excluding hydrogens is 312 g/mol. The predicted molar refractivity (Wildman–Crippen MR) is 77.6 cm³/mol. The lowest BCUT2D eigenvalue weighted by molar-refractivity contribution is -0.145. The number of methoxy groups -OCH3 is 1. The molecule has 0 atom stereocenters. The van der Waals surface area contributed by atoms with Crippen molar-refractivity contribution in [3.05, 3.63) is 23.8 Å². The molecule has 0 bridgehead atoms. The number of ether oxygens (including phenoxy) is 3. The molecule has 23 heavy (non-hydrogen) atoms. The first kappa shape index (κ1) is 18.7. The maximum atomic E-state index is 12.3. The number of halogens is 2. The van der Waals surface area contributed by atoms with E-state index in [1.807, 2.05) is 0 Å². The molecule has 0 saturated carbocycles.